The second-order valence-corrected chi connectivity index (χ2v) is 9.35. The lowest BCUT2D eigenvalue weighted by Crippen LogP contribution is -2.28. The van der Waals surface area contributed by atoms with E-state index in [4.69, 9.17) is 27.9 Å². The molecule has 3 aromatic carbocycles. The summed E-state index contributed by atoms with van der Waals surface area (Å²) >= 11 is 16.5. The van der Waals surface area contributed by atoms with Gasteiger partial charge in [-0.1, -0.05) is 51.3 Å². The fourth-order valence-corrected chi connectivity index (χ4v) is 5.34. The quantitative estimate of drug-likeness (QED) is 0.272. The van der Waals surface area contributed by atoms with Gasteiger partial charge in [-0.3, -0.25) is 9.78 Å². The van der Waals surface area contributed by atoms with Crippen LogP contribution >= 0.6 is 39.1 Å². The summed E-state index contributed by atoms with van der Waals surface area (Å²) in [6, 6.07) is 14.5. The van der Waals surface area contributed by atoms with Gasteiger partial charge in [-0.25, -0.2) is 4.39 Å². The third kappa shape index (κ3) is 3.76. The zero-order valence-electron chi connectivity index (χ0n) is 17.3. The molecule has 1 unspecified atom stereocenters. The molecular formula is C25H16BrCl2FN2O2. The Hall–Kier alpha value is -2.67. The molecule has 8 heteroatoms. The topological polar surface area (TPSA) is 42.4 Å². The maximum Gasteiger partial charge on any atom is 0.257 e. The number of aromatic nitrogens is 1. The van der Waals surface area contributed by atoms with Gasteiger partial charge in [-0.05, 0) is 48.0 Å². The van der Waals surface area contributed by atoms with Crippen LogP contribution in [0.2, 0.25) is 10.0 Å². The van der Waals surface area contributed by atoms with Gasteiger partial charge in [0.1, 0.15) is 11.6 Å². The van der Waals surface area contributed by atoms with Crippen LogP contribution in [0, 0.1) is 5.82 Å². The van der Waals surface area contributed by atoms with E-state index in [1.54, 1.807) is 24.3 Å². The lowest BCUT2D eigenvalue weighted by Gasteiger charge is -2.27. The van der Waals surface area contributed by atoms with E-state index in [0.717, 1.165) is 5.56 Å². The van der Waals surface area contributed by atoms with E-state index < -0.39 is 11.9 Å². The number of methoxy groups -OCH3 is 1. The monoisotopic (exact) mass is 544 g/mol. The van der Waals surface area contributed by atoms with Crippen LogP contribution in [-0.2, 0) is 6.54 Å². The maximum atomic E-state index is 14.3. The van der Waals surface area contributed by atoms with Gasteiger partial charge in [-0.2, -0.15) is 0 Å². The number of rotatable bonds is 4. The Balaban J connectivity index is 1.74. The van der Waals surface area contributed by atoms with Crippen molar-refractivity contribution in [2.45, 2.75) is 12.6 Å². The summed E-state index contributed by atoms with van der Waals surface area (Å²) in [4.78, 5) is 20.0. The number of benzene rings is 3. The summed E-state index contributed by atoms with van der Waals surface area (Å²) in [5.41, 5.74) is 3.00. The molecule has 2 heterocycles. The van der Waals surface area contributed by atoms with E-state index in [0.29, 0.717) is 47.9 Å². The van der Waals surface area contributed by atoms with Gasteiger partial charge in [0.05, 0.1) is 29.3 Å². The minimum Gasteiger partial charge on any atom is -0.497 e. The molecule has 1 aliphatic rings. The minimum absolute atomic E-state index is 0.229. The maximum absolute atomic E-state index is 14.3. The average molecular weight is 546 g/mol. The van der Waals surface area contributed by atoms with Crippen molar-refractivity contribution in [2.75, 3.05) is 7.11 Å². The average Bonchev–Trinajstić information content (AvgIpc) is 3.10. The lowest BCUT2D eigenvalue weighted by atomic mass is 9.95. The molecule has 0 spiro atoms. The van der Waals surface area contributed by atoms with Crippen LogP contribution in [-0.4, -0.2) is 22.9 Å². The summed E-state index contributed by atoms with van der Waals surface area (Å²) in [6.07, 6.45) is 1.57. The highest BCUT2D eigenvalue weighted by atomic mass is 79.9. The molecule has 1 aromatic heterocycles. The van der Waals surface area contributed by atoms with E-state index >= 15 is 0 Å². The van der Waals surface area contributed by atoms with Crippen LogP contribution in [0.5, 0.6) is 5.75 Å². The van der Waals surface area contributed by atoms with Crippen molar-refractivity contribution in [1.82, 2.24) is 9.88 Å². The summed E-state index contributed by atoms with van der Waals surface area (Å²) in [5, 5.41) is 1.52. The molecule has 1 aliphatic heterocycles. The molecule has 1 atom stereocenters. The van der Waals surface area contributed by atoms with Gasteiger partial charge < -0.3 is 9.64 Å². The number of nitrogens with zero attached hydrogens (tertiary/aromatic N) is 2. The molecule has 0 bridgehead atoms. The Kier molecular flexibility index (Phi) is 5.77. The first-order chi connectivity index (χ1) is 15.9. The van der Waals surface area contributed by atoms with Crippen molar-refractivity contribution >= 4 is 55.9 Å². The van der Waals surface area contributed by atoms with Crippen molar-refractivity contribution in [3.63, 3.8) is 0 Å². The van der Waals surface area contributed by atoms with Crippen LogP contribution < -0.4 is 4.74 Å². The highest BCUT2D eigenvalue weighted by Crippen LogP contribution is 2.48. The Morgan fingerprint density at radius 2 is 1.85 bits per heavy atom. The largest absolute Gasteiger partial charge is 0.497 e. The van der Waals surface area contributed by atoms with E-state index in [2.05, 4.69) is 20.9 Å². The number of hydrogen-bond donors (Lipinski definition) is 0. The molecule has 0 saturated carbocycles. The molecule has 4 aromatic rings. The van der Waals surface area contributed by atoms with Crippen LogP contribution in [0.3, 0.4) is 0 Å². The highest BCUT2D eigenvalue weighted by molar-refractivity contribution is 9.10. The number of carbonyl (C=O) groups excluding carboxylic acids is 1. The number of pyridine rings is 1. The first-order valence-corrected chi connectivity index (χ1v) is 11.6. The van der Waals surface area contributed by atoms with Gasteiger partial charge in [-0.15, -0.1) is 0 Å². The van der Waals surface area contributed by atoms with Gasteiger partial charge in [0.2, 0.25) is 0 Å². The SMILES string of the molecule is COc1ccc(CN2C(=O)c3c(c(Br)cc4c(Cl)ccnc34)C2c2cc(F)ccc2Cl)cc1. The molecular weight excluding hydrogens is 530 g/mol. The number of hydrogen-bond acceptors (Lipinski definition) is 3. The van der Waals surface area contributed by atoms with Crippen LogP contribution in [0.15, 0.2) is 65.3 Å². The Bertz CT molecular complexity index is 1410. The predicted octanol–water partition coefficient (Wildman–Crippen LogP) is 7.20. The molecule has 0 saturated heterocycles. The molecule has 33 heavy (non-hydrogen) atoms. The van der Waals surface area contributed by atoms with E-state index in [1.165, 1.54) is 18.2 Å². The Labute approximate surface area is 208 Å². The summed E-state index contributed by atoms with van der Waals surface area (Å²) in [7, 11) is 1.60. The molecule has 166 valence electrons. The Morgan fingerprint density at radius 1 is 1.09 bits per heavy atom. The van der Waals surface area contributed by atoms with E-state index in [1.807, 2.05) is 30.3 Å². The van der Waals surface area contributed by atoms with Crippen molar-refractivity contribution in [2.24, 2.45) is 0 Å². The fraction of sp³-hybridized carbons (Fsp3) is 0.120. The molecule has 0 fully saturated rings. The van der Waals surface area contributed by atoms with Gasteiger partial charge in [0, 0.05) is 38.8 Å². The molecule has 4 nitrogen and oxygen atoms in total. The van der Waals surface area contributed by atoms with Gasteiger partial charge in [0.15, 0.2) is 0 Å². The first-order valence-electron chi connectivity index (χ1n) is 10.0. The number of carbonyl (C=O) groups is 1. The standard InChI is InChI=1S/C25H16BrCl2FN2O2/c1-33-15-5-2-13(3-6-15)12-31-24(17-10-14(29)4-7-19(17)27)21-18(26)11-16-20(28)8-9-30-23(16)22(21)25(31)32/h2-11,24H,12H2,1H3. The fourth-order valence-electron chi connectivity index (χ4n) is 4.28. The number of halogens is 4. The second kappa shape index (κ2) is 8.60. The van der Waals surface area contributed by atoms with Crippen LogP contribution in [0.1, 0.15) is 33.1 Å². The minimum atomic E-state index is -0.614. The number of ether oxygens (including phenoxy) is 1. The molecule has 0 aliphatic carbocycles. The zero-order valence-corrected chi connectivity index (χ0v) is 20.4. The number of fused-ring (bicyclic) bond motifs is 3. The van der Waals surface area contributed by atoms with E-state index in [9.17, 15) is 9.18 Å². The molecule has 5 rings (SSSR count). The van der Waals surface area contributed by atoms with Gasteiger partial charge in [0.25, 0.3) is 5.91 Å². The third-order valence-corrected chi connectivity index (χ3v) is 7.13. The lowest BCUT2D eigenvalue weighted by molar-refractivity contribution is 0.0737. The van der Waals surface area contributed by atoms with Crippen LogP contribution in [0.4, 0.5) is 4.39 Å². The second-order valence-electron chi connectivity index (χ2n) is 7.69. The van der Waals surface area contributed by atoms with Crippen molar-refractivity contribution in [1.29, 1.82) is 0 Å². The van der Waals surface area contributed by atoms with Crippen molar-refractivity contribution in [3.8, 4) is 5.75 Å². The Morgan fingerprint density at radius 3 is 2.58 bits per heavy atom. The van der Waals surface area contributed by atoms with E-state index in [-0.39, 0.29) is 12.5 Å². The van der Waals surface area contributed by atoms with Crippen molar-refractivity contribution in [3.05, 3.63) is 103 Å². The van der Waals surface area contributed by atoms with Gasteiger partial charge >= 0.3 is 0 Å². The summed E-state index contributed by atoms with van der Waals surface area (Å²) in [6.45, 7) is 0.281. The summed E-state index contributed by atoms with van der Waals surface area (Å²) in [5.74, 6) is 0.0529. The molecule has 1 amide bonds. The highest BCUT2D eigenvalue weighted by Gasteiger charge is 2.42. The van der Waals surface area contributed by atoms with Crippen molar-refractivity contribution < 1.29 is 13.9 Å². The number of amides is 1. The third-order valence-electron chi connectivity index (χ3n) is 5.80. The molecule has 0 N–H and O–H groups in total. The first kappa shape index (κ1) is 22.1. The predicted molar refractivity (Wildman–Crippen MR) is 131 cm³/mol. The summed E-state index contributed by atoms with van der Waals surface area (Å²) < 4.78 is 20.2. The smallest absolute Gasteiger partial charge is 0.257 e. The zero-order chi connectivity index (χ0) is 23.3. The normalized spacial score (nSPS) is 15.2. The van der Waals surface area contributed by atoms with Crippen LogP contribution in [0.25, 0.3) is 10.9 Å². The molecule has 0 radical (unpaired) electrons.